The number of benzene rings is 2. The van der Waals surface area contributed by atoms with Gasteiger partial charge in [0.25, 0.3) is 0 Å². The Bertz CT molecular complexity index is 1670. The number of morpholine rings is 1. The van der Waals surface area contributed by atoms with E-state index in [0.717, 1.165) is 54.4 Å². The number of pyridine rings is 2. The highest BCUT2D eigenvalue weighted by Crippen LogP contribution is 2.52. The summed E-state index contributed by atoms with van der Waals surface area (Å²) in [6.45, 7) is 6.21. The topological polar surface area (TPSA) is 73.5 Å². The highest BCUT2D eigenvalue weighted by atomic mass is 32.2. The Kier molecular flexibility index (Phi) is 8.23. The van der Waals surface area contributed by atoms with Gasteiger partial charge in [0.2, 0.25) is 5.56 Å². The molecule has 2 aromatic carbocycles. The lowest BCUT2D eigenvalue weighted by atomic mass is 10.0. The van der Waals surface area contributed by atoms with Gasteiger partial charge in [-0.1, -0.05) is 41.7 Å². The van der Waals surface area contributed by atoms with E-state index < -0.39 is 0 Å². The number of ether oxygens (including phenoxy) is 1. The molecule has 4 aromatic rings. The summed E-state index contributed by atoms with van der Waals surface area (Å²) in [6.07, 6.45) is 5.49. The first kappa shape index (κ1) is 28.5. The number of nitrogens with one attached hydrogen (secondary N) is 2. The monoisotopic (exact) mass is 611 g/mol. The lowest BCUT2D eigenvalue weighted by Gasteiger charge is -2.29. The largest absolute Gasteiger partial charge is 0.378 e. The second kappa shape index (κ2) is 12.4. The Morgan fingerprint density at radius 1 is 1.02 bits per heavy atom. The lowest BCUT2D eigenvalue weighted by molar-refractivity contribution is 0.122. The molecule has 9 heteroatoms. The summed E-state index contributed by atoms with van der Waals surface area (Å²) in [5.41, 5.74) is 6.16. The minimum Gasteiger partial charge on any atom is -0.378 e. The average Bonchev–Trinajstić information content (AvgIpc) is 3.43. The quantitative estimate of drug-likeness (QED) is 0.207. The number of nitrogens with zero attached hydrogens (tertiary/aromatic N) is 3. The third-order valence-electron chi connectivity index (χ3n) is 8.66. The Labute approximate surface area is 261 Å². The molecule has 0 saturated carbocycles. The van der Waals surface area contributed by atoms with Crippen molar-refractivity contribution in [1.29, 1.82) is 0 Å². The van der Waals surface area contributed by atoms with Crippen LogP contribution in [0.2, 0.25) is 0 Å². The minimum absolute atomic E-state index is 0.0809. The van der Waals surface area contributed by atoms with Gasteiger partial charge in [-0.25, -0.2) is 0 Å². The predicted octanol–water partition coefficient (Wildman–Crippen LogP) is 6.84. The first-order valence-corrected chi connectivity index (χ1v) is 16.7. The molecule has 2 aromatic heterocycles. The summed E-state index contributed by atoms with van der Waals surface area (Å²) in [6, 6.07) is 21.9. The van der Waals surface area contributed by atoms with Gasteiger partial charge < -0.3 is 24.8 Å². The van der Waals surface area contributed by atoms with Crippen LogP contribution in [0, 0.1) is 6.92 Å². The van der Waals surface area contributed by atoms with E-state index in [1.165, 1.54) is 38.0 Å². The van der Waals surface area contributed by atoms with E-state index in [1.807, 2.05) is 6.20 Å². The van der Waals surface area contributed by atoms with Gasteiger partial charge in [-0.2, -0.15) is 0 Å². The standard InChI is InChI=1S/C34H37N5O2S2/c1-22-8-10-27(35-21-22)29(18-24-5-4-12-38(24)2)36-23-9-11-30-32(17-23)42-31-7-3-6-26(34(31)43-30)28-19-25(20-33(40)37-28)39-13-15-41-16-14-39/h3,6-11,17,19-21,24,29,36H,4-5,12-16,18H2,1-2H3,(H,37,40)/t24-,29?/m0/s1. The van der Waals surface area contributed by atoms with E-state index in [0.29, 0.717) is 19.3 Å². The number of aromatic amines is 1. The van der Waals surface area contributed by atoms with Crippen LogP contribution in [-0.4, -0.2) is 60.8 Å². The molecular formula is C34H37N5O2S2. The summed E-state index contributed by atoms with van der Waals surface area (Å²) in [4.78, 5) is 30.2. The Hall–Kier alpha value is -3.24. The van der Waals surface area contributed by atoms with Gasteiger partial charge in [0, 0.05) is 67.9 Å². The molecule has 5 heterocycles. The zero-order chi connectivity index (χ0) is 29.3. The van der Waals surface area contributed by atoms with Gasteiger partial charge in [-0.3, -0.25) is 9.78 Å². The third-order valence-corrected chi connectivity index (χ3v) is 11.3. The molecule has 0 aliphatic carbocycles. The van der Waals surface area contributed by atoms with Gasteiger partial charge in [-0.15, -0.1) is 0 Å². The van der Waals surface area contributed by atoms with E-state index in [-0.39, 0.29) is 11.6 Å². The molecule has 1 unspecified atom stereocenters. The van der Waals surface area contributed by atoms with E-state index in [4.69, 9.17) is 9.72 Å². The molecule has 3 aliphatic heterocycles. The minimum atomic E-state index is -0.0809. The van der Waals surface area contributed by atoms with E-state index in [1.54, 1.807) is 29.6 Å². The lowest BCUT2D eigenvalue weighted by Crippen LogP contribution is -2.36. The summed E-state index contributed by atoms with van der Waals surface area (Å²) in [5.74, 6) is 0. The van der Waals surface area contributed by atoms with Crippen molar-refractivity contribution in [3.8, 4) is 11.3 Å². The van der Waals surface area contributed by atoms with Crippen molar-refractivity contribution in [2.75, 3.05) is 50.1 Å². The van der Waals surface area contributed by atoms with E-state index in [9.17, 15) is 4.79 Å². The third kappa shape index (κ3) is 6.22. The summed E-state index contributed by atoms with van der Waals surface area (Å²) in [7, 11) is 2.24. The average molecular weight is 612 g/mol. The van der Waals surface area contributed by atoms with Gasteiger partial charge in [0.15, 0.2) is 0 Å². The summed E-state index contributed by atoms with van der Waals surface area (Å²) in [5, 5.41) is 3.85. The van der Waals surface area contributed by atoms with Crippen LogP contribution < -0.4 is 15.8 Å². The molecular weight excluding hydrogens is 575 g/mol. The van der Waals surface area contributed by atoms with Crippen molar-refractivity contribution in [2.45, 2.75) is 57.9 Å². The van der Waals surface area contributed by atoms with Crippen LogP contribution in [-0.2, 0) is 4.74 Å². The van der Waals surface area contributed by atoms with Gasteiger partial charge in [0.1, 0.15) is 0 Å². The molecule has 2 N–H and O–H groups in total. The maximum atomic E-state index is 12.7. The van der Waals surface area contributed by atoms with Crippen LogP contribution >= 0.6 is 23.5 Å². The molecule has 222 valence electrons. The summed E-state index contributed by atoms with van der Waals surface area (Å²) < 4.78 is 5.52. The number of likely N-dealkylation sites (tertiary alicyclic amines) is 1. The molecule has 0 spiro atoms. The molecule has 3 aliphatic rings. The smallest absolute Gasteiger partial charge is 0.250 e. The highest BCUT2D eigenvalue weighted by Gasteiger charge is 2.27. The fourth-order valence-corrected chi connectivity index (χ4v) is 8.68. The molecule has 43 heavy (non-hydrogen) atoms. The Morgan fingerprint density at radius 2 is 1.91 bits per heavy atom. The van der Waals surface area contributed by atoms with Crippen molar-refractivity contribution in [1.82, 2.24) is 14.9 Å². The second-order valence-electron chi connectivity index (χ2n) is 11.7. The number of aromatic nitrogens is 2. The van der Waals surface area contributed by atoms with Crippen molar-refractivity contribution < 1.29 is 4.74 Å². The maximum absolute atomic E-state index is 12.7. The van der Waals surface area contributed by atoms with E-state index in [2.05, 4.69) is 88.7 Å². The van der Waals surface area contributed by atoms with Crippen molar-refractivity contribution in [3.63, 3.8) is 0 Å². The first-order chi connectivity index (χ1) is 21.0. The zero-order valence-electron chi connectivity index (χ0n) is 24.6. The van der Waals surface area contributed by atoms with Crippen LogP contribution in [0.5, 0.6) is 0 Å². The Morgan fingerprint density at radius 3 is 2.70 bits per heavy atom. The molecule has 7 rings (SSSR count). The van der Waals surface area contributed by atoms with Gasteiger partial charge >= 0.3 is 0 Å². The number of hydrogen-bond acceptors (Lipinski definition) is 8. The van der Waals surface area contributed by atoms with Crippen LogP contribution in [0.15, 0.2) is 91.2 Å². The second-order valence-corrected chi connectivity index (χ2v) is 13.8. The molecule has 0 radical (unpaired) electrons. The molecule has 7 nitrogen and oxygen atoms in total. The predicted molar refractivity (Wildman–Crippen MR) is 176 cm³/mol. The fourth-order valence-electron chi connectivity index (χ4n) is 6.27. The van der Waals surface area contributed by atoms with Crippen LogP contribution in [0.25, 0.3) is 11.3 Å². The molecule has 0 amide bonds. The normalized spacial score (nSPS) is 19.1. The summed E-state index contributed by atoms with van der Waals surface area (Å²) >= 11 is 3.58. The SMILES string of the molecule is Cc1ccc(C(C[C@@H]2CCCN2C)Nc2ccc3c(c2)Sc2cccc(-c4cc(N5CCOCC5)cc(=O)[nH]4)c2S3)nc1. The number of rotatable bonds is 7. The van der Waals surface area contributed by atoms with Crippen molar-refractivity contribution in [3.05, 3.63) is 88.5 Å². The maximum Gasteiger partial charge on any atom is 0.250 e. The molecule has 2 saturated heterocycles. The molecule has 2 atom stereocenters. The number of fused-ring (bicyclic) bond motifs is 2. The first-order valence-electron chi connectivity index (χ1n) is 15.1. The molecule has 2 fully saturated rings. The van der Waals surface area contributed by atoms with Gasteiger partial charge in [0.05, 0.1) is 30.6 Å². The fraction of sp³-hybridized carbons (Fsp3) is 0.353. The Balaban J connectivity index is 1.15. The van der Waals surface area contributed by atoms with Crippen LogP contribution in [0.4, 0.5) is 11.4 Å². The van der Waals surface area contributed by atoms with Crippen LogP contribution in [0.1, 0.15) is 36.6 Å². The number of hydrogen-bond donors (Lipinski definition) is 2. The van der Waals surface area contributed by atoms with E-state index >= 15 is 0 Å². The van der Waals surface area contributed by atoms with Crippen molar-refractivity contribution >= 4 is 34.9 Å². The zero-order valence-corrected chi connectivity index (χ0v) is 26.3. The molecule has 0 bridgehead atoms. The van der Waals surface area contributed by atoms with Gasteiger partial charge in [-0.05, 0) is 81.7 Å². The number of aryl methyl sites for hydroxylation is 1. The number of anilines is 2. The highest BCUT2D eigenvalue weighted by molar-refractivity contribution is 8.05. The number of H-pyrrole nitrogens is 1. The van der Waals surface area contributed by atoms with Crippen molar-refractivity contribution in [2.24, 2.45) is 0 Å². The van der Waals surface area contributed by atoms with Crippen LogP contribution in [0.3, 0.4) is 0 Å².